The maximum absolute atomic E-state index is 14.0. The number of alkyl halides is 4. The molecule has 0 saturated heterocycles. The zero-order valence-electron chi connectivity index (χ0n) is 16.9. The summed E-state index contributed by atoms with van der Waals surface area (Å²) in [4.78, 5) is 0. The Bertz CT molecular complexity index is 690. The number of ether oxygens (including phenoxy) is 1. The van der Waals surface area contributed by atoms with Crippen molar-refractivity contribution in [2.45, 2.75) is 70.1 Å². The molecular weight excluding hydrogens is 406 g/mol. The summed E-state index contributed by atoms with van der Waals surface area (Å²) >= 11 is 0. The molecule has 0 radical (unpaired) electrons. The largest absolute Gasteiger partial charge is 0.573 e. The Morgan fingerprint density at radius 3 is 1.90 bits per heavy atom. The highest BCUT2D eigenvalue weighted by Crippen LogP contribution is 2.45. The van der Waals surface area contributed by atoms with Crippen molar-refractivity contribution in [3.05, 3.63) is 41.5 Å². The van der Waals surface area contributed by atoms with Crippen molar-refractivity contribution >= 4 is 0 Å². The summed E-state index contributed by atoms with van der Waals surface area (Å²) in [6, 6.07) is 1.95. The Balaban J connectivity index is 1.52. The number of hydrogen-bond donors (Lipinski definition) is 0. The van der Waals surface area contributed by atoms with Gasteiger partial charge in [0.25, 0.3) is 0 Å². The first-order chi connectivity index (χ1) is 14.3. The molecule has 7 heteroatoms. The summed E-state index contributed by atoms with van der Waals surface area (Å²) in [5, 5.41) is 0. The lowest BCUT2D eigenvalue weighted by Crippen LogP contribution is -2.25. The first-order valence-electron chi connectivity index (χ1n) is 10.7. The Kier molecular flexibility index (Phi) is 7.75. The molecule has 0 aliphatic heterocycles. The normalized spacial score (nSPS) is 28.1. The van der Waals surface area contributed by atoms with E-state index >= 15 is 0 Å². The monoisotopic (exact) mass is 434 g/mol. The quantitative estimate of drug-likeness (QED) is 0.327. The second-order valence-electron chi connectivity index (χ2n) is 8.55. The smallest absolute Gasteiger partial charge is 0.399 e. The molecule has 0 bridgehead atoms. The van der Waals surface area contributed by atoms with E-state index in [0.29, 0.717) is 29.7 Å². The third kappa shape index (κ3) is 6.17. The maximum Gasteiger partial charge on any atom is 0.573 e. The van der Waals surface area contributed by atoms with Crippen LogP contribution in [-0.2, 0) is 0 Å². The van der Waals surface area contributed by atoms with Crippen LogP contribution in [0.15, 0.2) is 24.3 Å². The molecule has 1 aromatic carbocycles. The van der Waals surface area contributed by atoms with Crippen molar-refractivity contribution in [2.75, 3.05) is 6.67 Å². The van der Waals surface area contributed by atoms with Crippen molar-refractivity contribution in [1.29, 1.82) is 0 Å². The van der Waals surface area contributed by atoms with Crippen LogP contribution in [0.3, 0.4) is 0 Å². The first-order valence-corrected chi connectivity index (χ1v) is 10.7. The van der Waals surface area contributed by atoms with Crippen LogP contribution < -0.4 is 4.74 Å². The second-order valence-corrected chi connectivity index (χ2v) is 8.55. The van der Waals surface area contributed by atoms with Crippen molar-refractivity contribution in [1.82, 2.24) is 0 Å². The van der Waals surface area contributed by atoms with Crippen molar-refractivity contribution in [3.8, 4) is 5.75 Å². The molecule has 0 spiro atoms. The van der Waals surface area contributed by atoms with Gasteiger partial charge in [0, 0.05) is 0 Å². The lowest BCUT2D eigenvalue weighted by atomic mass is 9.68. The summed E-state index contributed by atoms with van der Waals surface area (Å²) in [5.41, 5.74) is 0.402. The van der Waals surface area contributed by atoms with E-state index in [9.17, 15) is 26.3 Å². The Morgan fingerprint density at radius 2 is 1.40 bits per heavy atom. The summed E-state index contributed by atoms with van der Waals surface area (Å²) in [6.45, 7) is -0.318. The van der Waals surface area contributed by atoms with Gasteiger partial charge in [-0.3, -0.25) is 4.39 Å². The van der Waals surface area contributed by atoms with Gasteiger partial charge >= 0.3 is 6.36 Å². The third-order valence-corrected chi connectivity index (χ3v) is 6.65. The highest BCUT2D eigenvalue weighted by atomic mass is 19.4. The highest BCUT2D eigenvalue weighted by Gasteiger charge is 2.35. The summed E-state index contributed by atoms with van der Waals surface area (Å²) < 4.78 is 80.6. The molecule has 0 heterocycles. The zero-order valence-corrected chi connectivity index (χ0v) is 16.9. The zero-order chi connectivity index (χ0) is 21.7. The van der Waals surface area contributed by atoms with Gasteiger partial charge in [0.2, 0.25) is 5.75 Å². The van der Waals surface area contributed by atoms with Gasteiger partial charge in [-0.05, 0) is 99.2 Å². The Morgan fingerprint density at radius 1 is 0.867 bits per heavy atom. The molecule has 0 aromatic heterocycles. The van der Waals surface area contributed by atoms with Gasteiger partial charge in [-0.1, -0.05) is 12.2 Å². The van der Waals surface area contributed by atoms with E-state index in [1.54, 1.807) is 0 Å². The van der Waals surface area contributed by atoms with Gasteiger partial charge < -0.3 is 4.74 Å². The van der Waals surface area contributed by atoms with E-state index in [-0.39, 0.29) is 12.6 Å². The standard InChI is InChI=1S/C23H28F6O/c24-12-2-1-3-15-4-6-16(7-5-15)17-8-10-18(11-9-17)19-13-20(25)22(21(26)14-19)30-23(27,28)29/h1,3,13-18H,2,4-12H2/t15-,16-,17-,18-. The van der Waals surface area contributed by atoms with E-state index in [1.807, 2.05) is 6.08 Å². The van der Waals surface area contributed by atoms with Crippen LogP contribution in [0.4, 0.5) is 26.3 Å². The molecule has 2 saturated carbocycles. The second kappa shape index (κ2) is 10.1. The molecule has 3 rings (SSSR count). The fourth-order valence-electron chi connectivity index (χ4n) is 5.11. The van der Waals surface area contributed by atoms with Crippen molar-refractivity contribution in [2.24, 2.45) is 17.8 Å². The lowest BCUT2D eigenvalue weighted by Gasteiger charge is -2.37. The molecule has 2 fully saturated rings. The third-order valence-electron chi connectivity index (χ3n) is 6.65. The van der Waals surface area contributed by atoms with Crippen LogP contribution in [0.2, 0.25) is 0 Å². The molecule has 0 atom stereocenters. The van der Waals surface area contributed by atoms with Crippen LogP contribution in [0.25, 0.3) is 0 Å². The Labute approximate surface area is 173 Å². The first kappa shape index (κ1) is 23.0. The topological polar surface area (TPSA) is 9.23 Å². The fourth-order valence-corrected chi connectivity index (χ4v) is 5.11. The van der Waals surface area contributed by atoms with E-state index in [2.05, 4.69) is 10.8 Å². The lowest BCUT2D eigenvalue weighted by molar-refractivity contribution is -0.276. The number of allylic oxidation sites excluding steroid dienone is 2. The van der Waals surface area contributed by atoms with Gasteiger partial charge in [0.1, 0.15) is 0 Å². The average molecular weight is 434 g/mol. The fraction of sp³-hybridized carbons (Fsp3) is 0.652. The minimum atomic E-state index is -5.14. The van der Waals surface area contributed by atoms with Gasteiger partial charge in [-0.2, -0.15) is 0 Å². The molecule has 168 valence electrons. The van der Waals surface area contributed by atoms with E-state index in [0.717, 1.165) is 63.5 Å². The van der Waals surface area contributed by atoms with Crippen LogP contribution in [0.1, 0.15) is 69.3 Å². The van der Waals surface area contributed by atoms with Gasteiger partial charge in [0.15, 0.2) is 11.6 Å². The average Bonchev–Trinajstić information content (AvgIpc) is 2.71. The molecule has 0 unspecified atom stereocenters. The molecule has 1 aromatic rings. The molecular formula is C23H28F6O. The van der Waals surface area contributed by atoms with E-state index in [4.69, 9.17) is 0 Å². The summed E-state index contributed by atoms with van der Waals surface area (Å²) in [6.07, 6.45) is 7.41. The molecule has 0 amide bonds. The minimum Gasteiger partial charge on any atom is -0.399 e. The maximum atomic E-state index is 14.0. The number of rotatable bonds is 6. The molecule has 2 aliphatic carbocycles. The SMILES string of the molecule is FCCC=C[C@H]1CC[C@H]([C@H]2CC[C@H](c3cc(F)c(OC(F)(F)F)c(F)c3)CC2)CC1. The minimum absolute atomic E-state index is 0.0508. The predicted octanol–water partition coefficient (Wildman–Crippen LogP) is 7.86. The summed E-state index contributed by atoms with van der Waals surface area (Å²) in [7, 11) is 0. The predicted molar refractivity (Wildman–Crippen MR) is 103 cm³/mol. The van der Waals surface area contributed by atoms with E-state index in [1.165, 1.54) is 0 Å². The van der Waals surface area contributed by atoms with Crippen LogP contribution in [-0.4, -0.2) is 13.0 Å². The van der Waals surface area contributed by atoms with Crippen molar-refractivity contribution < 1.29 is 31.1 Å². The molecule has 30 heavy (non-hydrogen) atoms. The van der Waals surface area contributed by atoms with E-state index < -0.39 is 23.7 Å². The molecule has 2 aliphatic rings. The molecule has 0 N–H and O–H groups in total. The number of halogens is 6. The van der Waals surface area contributed by atoms with Gasteiger partial charge in [-0.25, -0.2) is 8.78 Å². The molecule has 1 nitrogen and oxygen atoms in total. The Hall–Kier alpha value is -1.66. The van der Waals surface area contributed by atoms with Crippen LogP contribution >= 0.6 is 0 Å². The summed E-state index contributed by atoms with van der Waals surface area (Å²) in [5.74, 6) is -2.31. The van der Waals surface area contributed by atoms with Gasteiger partial charge in [0.05, 0.1) is 6.67 Å². The van der Waals surface area contributed by atoms with Crippen LogP contribution in [0.5, 0.6) is 5.75 Å². The highest BCUT2D eigenvalue weighted by molar-refractivity contribution is 5.33. The van der Waals surface area contributed by atoms with Crippen molar-refractivity contribution in [3.63, 3.8) is 0 Å². The van der Waals surface area contributed by atoms with Gasteiger partial charge in [-0.15, -0.1) is 13.2 Å². The van der Waals surface area contributed by atoms with Crippen LogP contribution in [0, 0.1) is 29.4 Å². The number of benzene rings is 1. The number of hydrogen-bond acceptors (Lipinski definition) is 1.